The molecule has 0 spiro atoms. The van der Waals surface area contributed by atoms with Crippen LogP contribution in [-0.2, 0) is 40.2 Å². The number of amides is 1. The van der Waals surface area contributed by atoms with E-state index in [1.807, 2.05) is 44.2 Å². The first-order chi connectivity index (χ1) is 19.6. The van der Waals surface area contributed by atoms with E-state index in [0.717, 1.165) is 5.56 Å². The molecule has 1 saturated heterocycles. The highest BCUT2D eigenvalue weighted by Gasteiger charge is 2.35. The molecule has 1 aliphatic rings. The van der Waals surface area contributed by atoms with Gasteiger partial charge in [0, 0.05) is 25.8 Å². The topological polar surface area (TPSA) is 146 Å². The zero-order chi connectivity index (χ0) is 29.8. The van der Waals surface area contributed by atoms with E-state index in [4.69, 9.17) is 24.7 Å². The highest BCUT2D eigenvalue weighted by molar-refractivity contribution is 7.89. The molecule has 0 radical (unpaired) electrons. The van der Waals surface area contributed by atoms with Crippen molar-refractivity contribution in [1.82, 2.24) is 9.62 Å². The molecule has 1 aliphatic heterocycles. The standard InChI is InChI=1S/C29H41N3O8S/c1-21(2)18-32(41(35,36)25-11-9-23(30)10-12-25)19-27(40-28(33)14-15-37-3)26(17-22-7-5-4-6-8-22)31-29(34)39-24-13-16-38-20-24/h4-12,21,24,26-27H,13-20,30H2,1-3H3,(H,31,34)/t24-,26-,27+/m0/s1. The fourth-order valence-electron chi connectivity index (χ4n) is 4.41. The molecular weight excluding hydrogens is 550 g/mol. The average Bonchev–Trinajstić information content (AvgIpc) is 3.44. The van der Waals surface area contributed by atoms with E-state index in [1.54, 1.807) is 0 Å². The second-order valence-corrected chi connectivity index (χ2v) is 12.3. The smallest absolute Gasteiger partial charge is 0.407 e. The summed E-state index contributed by atoms with van der Waals surface area (Å²) < 4.78 is 50.6. The molecule has 1 fully saturated rings. The number of alkyl carbamates (subject to hydrolysis) is 1. The maximum absolute atomic E-state index is 13.8. The number of hydrogen-bond donors (Lipinski definition) is 2. The van der Waals surface area contributed by atoms with Crippen LogP contribution >= 0.6 is 0 Å². The molecule has 0 unspecified atom stereocenters. The molecule has 0 aliphatic carbocycles. The predicted octanol–water partition coefficient (Wildman–Crippen LogP) is 2.99. The summed E-state index contributed by atoms with van der Waals surface area (Å²) in [5.74, 6) is -0.625. The molecule has 12 heteroatoms. The van der Waals surface area contributed by atoms with Crippen LogP contribution in [0.2, 0.25) is 0 Å². The minimum absolute atomic E-state index is 0.0379. The monoisotopic (exact) mass is 591 g/mol. The second kappa shape index (κ2) is 15.7. The van der Waals surface area contributed by atoms with Gasteiger partial charge in [-0.1, -0.05) is 44.2 Å². The summed E-state index contributed by atoms with van der Waals surface area (Å²) in [7, 11) is -2.54. The molecule has 1 amide bonds. The third kappa shape index (κ3) is 10.3. The molecule has 11 nitrogen and oxygen atoms in total. The van der Waals surface area contributed by atoms with Gasteiger partial charge in [0.1, 0.15) is 12.2 Å². The number of ether oxygens (including phenoxy) is 4. The van der Waals surface area contributed by atoms with Gasteiger partial charge in [0.15, 0.2) is 0 Å². The van der Waals surface area contributed by atoms with Crippen LogP contribution in [0, 0.1) is 5.92 Å². The van der Waals surface area contributed by atoms with Crippen molar-refractivity contribution in [3.05, 3.63) is 60.2 Å². The van der Waals surface area contributed by atoms with Gasteiger partial charge in [-0.25, -0.2) is 13.2 Å². The number of anilines is 1. The van der Waals surface area contributed by atoms with Crippen molar-refractivity contribution in [2.45, 2.75) is 56.3 Å². The summed E-state index contributed by atoms with van der Waals surface area (Å²) in [6.45, 7) is 4.67. The molecule has 1 heterocycles. The molecule has 3 rings (SSSR count). The maximum Gasteiger partial charge on any atom is 0.407 e. The van der Waals surface area contributed by atoms with Crippen LogP contribution in [0.5, 0.6) is 0 Å². The molecular formula is C29H41N3O8S. The van der Waals surface area contributed by atoms with Crippen molar-refractivity contribution >= 4 is 27.8 Å². The quantitative estimate of drug-likeness (QED) is 0.236. The van der Waals surface area contributed by atoms with Crippen LogP contribution in [0.1, 0.15) is 32.3 Å². The van der Waals surface area contributed by atoms with E-state index < -0.39 is 40.3 Å². The third-order valence-electron chi connectivity index (χ3n) is 6.48. The lowest BCUT2D eigenvalue weighted by Crippen LogP contribution is -2.53. The highest BCUT2D eigenvalue weighted by Crippen LogP contribution is 2.22. The molecule has 0 bridgehead atoms. The van der Waals surface area contributed by atoms with Crippen LogP contribution in [0.25, 0.3) is 0 Å². The first-order valence-corrected chi connectivity index (χ1v) is 15.2. The Morgan fingerprint density at radius 2 is 1.80 bits per heavy atom. The van der Waals surface area contributed by atoms with Crippen LogP contribution in [0.3, 0.4) is 0 Å². The Morgan fingerprint density at radius 3 is 2.41 bits per heavy atom. The Hall–Kier alpha value is -3.19. The van der Waals surface area contributed by atoms with Crippen molar-refractivity contribution in [1.29, 1.82) is 0 Å². The number of carbonyl (C=O) groups excluding carboxylic acids is 2. The largest absolute Gasteiger partial charge is 0.459 e. The van der Waals surface area contributed by atoms with E-state index in [-0.39, 0.29) is 43.4 Å². The molecule has 226 valence electrons. The molecule has 41 heavy (non-hydrogen) atoms. The van der Waals surface area contributed by atoms with Gasteiger partial charge < -0.3 is 30.0 Å². The van der Waals surface area contributed by atoms with Crippen molar-refractivity contribution < 1.29 is 37.0 Å². The Kier molecular flexibility index (Phi) is 12.4. The molecule has 2 aromatic carbocycles. The van der Waals surface area contributed by atoms with E-state index in [1.165, 1.54) is 35.7 Å². The van der Waals surface area contributed by atoms with Gasteiger partial charge >= 0.3 is 12.1 Å². The molecule has 3 N–H and O–H groups in total. The Bertz CT molecular complexity index is 1200. The fourth-order valence-corrected chi connectivity index (χ4v) is 6.03. The first kappa shape index (κ1) is 32.3. The van der Waals surface area contributed by atoms with Crippen molar-refractivity contribution in [2.75, 3.05) is 45.8 Å². The molecule has 3 atom stereocenters. The van der Waals surface area contributed by atoms with E-state index >= 15 is 0 Å². The number of nitrogen functional groups attached to an aromatic ring is 1. The average molecular weight is 592 g/mol. The maximum atomic E-state index is 13.8. The Morgan fingerprint density at radius 1 is 1.10 bits per heavy atom. The van der Waals surface area contributed by atoms with E-state index in [9.17, 15) is 18.0 Å². The number of methoxy groups -OCH3 is 1. The van der Waals surface area contributed by atoms with Crippen LogP contribution in [-0.4, -0.2) is 83.1 Å². The molecule has 2 aromatic rings. The number of hydrogen-bond acceptors (Lipinski definition) is 9. The van der Waals surface area contributed by atoms with Crippen LogP contribution in [0.15, 0.2) is 59.5 Å². The SMILES string of the molecule is COCCC(=O)O[C@H](CN(CC(C)C)S(=O)(=O)c1ccc(N)cc1)[C@H](Cc1ccccc1)NC(=O)O[C@H]1CCOC1. The number of carbonyl (C=O) groups is 2. The number of nitrogens with two attached hydrogens (primary N) is 1. The minimum Gasteiger partial charge on any atom is -0.459 e. The van der Waals surface area contributed by atoms with Crippen molar-refractivity contribution in [3.8, 4) is 0 Å². The number of nitrogens with zero attached hydrogens (tertiary/aromatic N) is 1. The van der Waals surface area contributed by atoms with Crippen LogP contribution in [0.4, 0.5) is 10.5 Å². The van der Waals surface area contributed by atoms with Gasteiger partial charge in [-0.3, -0.25) is 4.79 Å². The summed E-state index contributed by atoms with van der Waals surface area (Å²) in [6, 6.07) is 14.5. The number of sulfonamides is 1. The second-order valence-electron chi connectivity index (χ2n) is 10.4. The lowest BCUT2D eigenvalue weighted by molar-refractivity contribution is -0.152. The summed E-state index contributed by atoms with van der Waals surface area (Å²) >= 11 is 0. The third-order valence-corrected chi connectivity index (χ3v) is 8.32. The summed E-state index contributed by atoms with van der Waals surface area (Å²) in [5.41, 5.74) is 7.08. The fraction of sp³-hybridized carbons (Fsp3) is 0.517. The van der Waals surface area contributed by atoms with E-state index in [2.05, 4.69) is 5.32 Å². The van der Waals surface area contributed by atoms with E-state index in [0.29, 0.717) is 25.3 Å². The summed E-state index contributed by atoms with van der Waals surface area (Å²) in [4.78, 5) is 25.9. The van der Waals surface area contributed by atoms with Gasteiger partial charge in [0.05, 0.1) is 43.7 Å². The Labute approximate surface area is 242 Å². The minimum atomic E-state index is -4.01. The normalized spacial score (nSPS) is 16.9. The summed E-state index contributed by atoms with van der Waals surface area (Å²) in [6.07, 6.45) is -1.33. The van der Waals surface area contributed by atoms with Gasteiger partial charge in [-0.2, -0.15) is 4.31 Å². The van der Waals surface area contributed by atoms with Crippen molar-refractivity contribution in [2.24, 2.45) is 5.92 Å². The van der Waals surface area contributed by atoms with Gasteiger partial charge in [-0.15, -0.1) is 0 Å². The van der Waals surface area contributed by atoms with Crippen LogP contribution < -0.4 is 11.1 Å². The summed E-state index contributed by atoms with van der Waals surface area (Å²) in [5, 5.41) is 2.85. The van der Waals surface area contributed by atoms with Gasteiger partial charge in [0.2, 0.25) is 10.0 Å². The molecule has 0 aromatic heterocycles. The first-order valence-electron chi connectivity index (χ1n) is 13.7. The lowest BCUT2D eigenvalue weighted by atomic mass is 10.0. The van der Waals surface area contributed by atoms with Gasteiger partial charge in [-0.05, 0) is 42.2 Å². The lowest BCUT2D eigenvalue weighted by Gasteiger charge is -2.33. The zero-order valence-corrected chi connectivity index (χ0v) is 24.7. The van der Waals surface area contributed by atoms with Gasteiger partial charge in [0.25, 0.3) is 0 Å². The number of esters is 1. The van der Waals surface area contributed by atoms with Crippen molar-refractivity contribution in [3.63, 3.8) is 0 Å². The zero-order valence-electron chi connectivity index (χ0n) is 23.9. The highest BCUT2D eigenvalue weighted by atomic mass is 32.2. The number of nitrogens with one attached hydrogen (secondary N) is 1. The number of rotatable bonds is 15. The predicted molar refractivity (Wildman–Crippen MR) is 154 cm³/mol. The molecule has 0 saturated carbocycles. The number of benzene rings is 2. The Balaban J connectivity index is 1.96.